The van der Waals surface area contributed by atoms with Crippen molar-refractivity contribution in [1.29, 1.82) is 0 Å². The van der Waals surface area contributed by atoms with Crippen LogP contribution in [0.1, 0.15) is 379 Å². The molecular weight excluding hydrogens is 1720 g/mol. The van der Waals surface area contributed by atoms with Crippen molar-refractivity contribution in [2.24, 2.45) is 23.7 Å². The molecule has 10 N–H and O–H groups in total. The van der Waals surface area contributed by atoms with E-state index in [4.69, 9.17) is 37.9 Å². The number of fused-ring (bicyclic) bond motifs is 8. The van der Waals surface area contributed by atoms with E-state index in [1.807, 2.05) is 244 Å². The van der Waals surface area contributed by atoms with Crippen molar-refractivity contribution in [2.45, 2.75) is 393 Å². The first-order chi connectivity index (χ1) is 67.3. The first-order valence-electron chi connectivity index (χ1n) is 57.7. The first-order valence-corrected chi connectivity index (χ1v) is 60.0. The molecule has 20 rings (SSSR count). The van der Waals surface area contributed by atoms with E-state index in [1.54, 1.807) is 16.0 Å². The van der Waals surface area contributed by atoms with Gasteiger partial charge in [-0.3, -0.25) is 4.79 Å². The SMILES string of the molecule is C1CC2OC1C1CNCC21.C1CCCNCC1.C1CCCOCC1.C1CCNC1.C1CCNCC1.C1CCOCC1.C1CCSCC1.C1CNCCN1.C1COCCN1.C1COCOC1.C1CSCCN1.C1NCC2CC12.CC.CC.CC.CC.CC.CC.CC.CC.CC.CC.CC.CC.CC.CC.CC.O=CN1CCNCC1.c1ccc2c(c1)CCCC2.c1ccc2c(c1)OCCO2. The summed E-state index contributed by atoms with van der Waals surface area (Å²) in [5.41, 5.74) is 3.16. The molecule has 2 aromatic carbocycles. The smallest absolute Gasteiger partial charge is 0.209 e. The van der Waals surface area contributed by atoms with E-state index in [0.29, 0.717) is 32.2 Å². The summed E-state index contributed by atoms with van der Waals surface area (Å²) >= 11 is 4.13. The van der Waals surface area contributed by atoms with Crippen LogP contribution in [0.4, 0.5) is 0 Å². The normalized spacial score (nSPS) is 21.6. The van der Waals surface area contributed by atoms with Gasteiger partial charge in [0.1, 0.15) is 20.0 Å². The molecule has 16 heterocycles. The van der Waals surface area contributed by atoms with E-state index >= 15 is 0 Å². The fourth-order valence-corrected chi connectivity index (χ4v) is 16.1. The van der Waals surface area contributed by atoms with Crippen molar-refractivity contribution in [1.82, 2.24) is 58.1 Å². The van der Waals surface area contributed by atoms with Crippen LogP contribution < -0.4 is 62.6 Å². The number of thioether (sulfide) groups is 2. The van der Waals surface area contributed by atoms with Gasteiger partial charge in [0.25, 0.3) is 0 Å². The van der Waals surface area contributed by atoms with Gasteiger partial charge in [0, 0.05) is 141 Å². The van der Waals surface area contributed by atoms with Crippen LogP contribution in [0.5, 0.6) is 11.5 Å². The Balaban J connectivity index is -0.000000152. The zero-order valence-electron chi connectivity index (χ0n) is 95.9. The Morgan fingerprint density at radius 2 is 0.570 bits per heavy atom. The van der Waals surface area contributed by atoms with E-state index in [2.05, 4.69) is 89.2 Å². The summed E-state index contributed by atoms with van der Waals surface area (Å²) in [6.45, 7) is 94.6. The van der Waals surface area contributed by atoms with Crippen LogP contribution in [0.15, 0.2) is 48.5 Å². The molecule has 135 heavy (non-hydrogen) atoms. The standard InChI is InChI=1S/C10H12.C8H13NO.C8H8O2.C6H13N.C6H12O.C5H10N2O.C5H9N.C5H11N.C5H10O.C5H10S.C4H10N2.C4H9NO.C4H9NS.C4H9N.C4H8O2.15C2H6/c1-2-6-10-8-4-3-7-9(10)5-1;1-2-8-6-4-9-3-5(6)7(1)10-8;1-2-4-8-7(3-1)9-5-6-10-8;2*1-2-4-6-7-5-3-1;8-5-7-3-1-6-2-4-7;1-4-2-6-3-5(1)4;3*1-2-4-6-5-3-1;1-2-6-4-3-5-1;2*1-3-6-4-2-5-1;1-2-4-5-3-1;1-2-5-4-6-3-1;15*1-2/h1-2,5-6H,3-4,7-8H2;5-9H,1-4H2;1-4H,5-6H2;7H,1-6H2;1-6H2;5-6H,1-4H2;4-6H,1-3H2;6H,1-5H2;2*1-5H2;5-6H,1-4H2;2*5H,1-4H2;5H,1-4H2;1-4H2;15*1-2H3. The van der Waals surface area contributed by atoms with Crippen LogP contribution in [-0.2, 0) is 46.1 Å². The van der Waals surface area contributed by atoms with Crippen molar-refractivity contribution >= 4 is 29.9 Å². The number of hydrogen-bond acceptors (Lipinski definition) is 21. The fourth-order valence-electron chi connectivity index (χ4n) is 14.3. The minimum Gasteiger partial charge on any atom is -0.486 e. The lowest BCUT2D eigenvalue weighted by Crippen LogP contribution is -2.42. The summed E-state index contributed by atoms with van der Waals surface area (Å²) in [5.74, 6) is 11.1. The van der Waals surface area contributed by atoms with Crippen molar-refractivity contribution in [2.75, 3.05) is 240 Å². The molecule has 15 saturated heterocycles. The third-order valence-electron chi connectivity index (χ3n) is 20.7. The average molecular weight is 1960 g/mol. The number of piperidine rings is 2. The fraction of sp³-hybridized carbons (Fsp3) is 0.885. The Labute approximate surface area is 853 Å². The van der Waals surface area contributed by atoms with Crippen LogP contribution >= 0.6 is 23.5 Å². The van der Waals surface area contributed by atoms with Gasteiger partial charge in [-0.25, -0.2) is 0 Å². The number of benzene rings is 2. The number of amides is 1. The first kappa shape index (κ1) is 153. The van der Waals surface area contributed by atoms with Gasteiger partial charge in [-0.1, -0.05) is 283 Å². The molecule has 1 saturated carbocycles. The van der Waals surface area contributed by atoms with Gasteiger partial charge in [0.05, 0.1) is 38.6 Å². The second-order valence-electron chi connectivity index (χ2n) is 29.5. The number of piperazine rings is 2. The maximum Gasteiger partial charge on any atom is 0.209 e. The topological polar surface area (TPSA) is 214 Å². The zero-order chi connectivity index (χ0) is 103. The second kappa shape index (κ2) is 147. The third-order valence-corrected chi connectivity index (χ3v) is 22.9. The number of carbonyl (C=O) groups is 1. The lowest BCUT2D eigenvalue weighted by Gasteiger charge is -2.22. The van der Waals surface area contributed by atoms with Gasteiger partial charge in [0.15, 0.2) is 11.5 Å². The maximum atomic E-state index is 10.1. The van der Waals surface area contributed by atoms with Crippen molar-refractivity contribution in [3.8, 4) is 11.5 Å². The summed E-state index contributed by atoms with van der Waals surface area (Å²) in [6.07, 6.45) is 39.1. The molecule has 16 aliphatic heterocycles. The van der Waals surface area contributed by atoms with E-state index in [0.717, 1.165) is 166 Å². The van der Waals surface area contributed by atoms with Crippen molar-refractivity contribution < 1.29 is 42.7 Å². The van der Waals surface area contributed by atoms with E-state index in [1.165, 1.54) is 268 Å². The number of nitrogens with one attached hydrogen (secondary N) is 10. The molecule has 0 spiro atoms. The van der Waals surface area contributed by atoms with Crippen LogP contribution in [0.3, 0.4) is 0 Å². The highest BCUT2D eigenvalue weighted by Gasteiger charge is 2.50. The largest absolute Gasteiger partial charge is 0.486 e. The highest BCUT2D eigenvalue weighted by Crippen LogP contribution is 2.45. The predicted molar refractivity (Wildman–Crippen MR) is 610 cm³/mol. The Hall–Kier alpha value is -2.43. The monoisotopic (exact) mass is 1960 g/mol. The van der Waals surface area contributed by atoms with Gasteiger partial charge in [-0.2, -0.15) is 23.5 Å². The summed E-state index contributed by atoms with van der Waals surface area (Å²) in [7, 11) is 0. The minimum absolute atomic E-state index is 0.500. The molecule has 2 aliphatic carbocycles. The van der Waals surface area contributed by atoms with Gasteiger partial charge in [-0.05, 0) is 234 Å². The molecule has 16 fully saturated rings. The molecule has 6 atom stereocenters. The summed E-state index contributed by atoms with van der Waals surface area (Å²) in [5, 5.41) is 32.6. The minimum atomic E-state index is 0.500. The van der Waals surface area contributed by atoms with Gasteiger partial charge in [0.2, 0.25) is 6.41 Å². The summed E-state index contributed by atoms with van der Waals surface area (Å²) in [6, 6.07) is 16.5. The average Bonchev–Trinajstić information content (AvgIpc) is 1.64. The highest BCUT2D eigenvalue weighted by atomic mass is 32.2. The summed E-state index contributed by atoms with van der Waals surface area (Å²) in [4.78, 5) is 11.8. The van der Waals surface area contributed by atoms with E-state index < -0.39 is 0 Å². The predicted octanol–water partition coefficient (Wildman–Crippen LogP) is 25.5. The number of morpholine rings is 1. The lowest BCUT2D eigenvalue weighted by atomic mass is 9.82. The van der Waals surface area contributed by atoms with Crippen LogP contribution in [-0.4, -0.2) is 263 Å². The maximum absolute atomic E-state index is 10.1. The van der Waals surface area contributed by atoms with Crippen molar-refractivity contribution in [3.05, 3.63) is 59.7 Å². The second-order valence-corrected chi connectivity index (χ2v) is 32.0. The molecule has 20 nitrogen and oxygen atoms in total. The lowest BCUT2D eigenvalue weighted by molar-refractivity contribution is -0.118. The number of ether oxygens (including phenoxy) is 8. The molecule has 18 aliphatic rings. The van der Waals surface area contributed by atoms with Crippen LogP contribution in [0.2, 0.25) is 0 Å². The third kappa shape index (κ3) is 107. The Morgan fingerprint density at radius 1 is 0.274 bits per heavy atom. The Morgan fingerprint density at radius 3 is 0.822 bits per heavy atom. The molecule has 0 aromatic heterocycles. The van der Waals surface area contributed by atoms with Gasteiger partial charge in [-0.15, -0.1) is 0 Å². The molecule has 22 heteroatoms. The number of para-hydroxylation sites is 2. The number of hydrogen-bond donors (Lipinski definition) is 10. The number of carbonyl (C=O) groups excluding carboxylic acids is 1. The molecule has 1 amide bonds. The molecule has 2 aromatic rings. The number of rotatable bonds is 1. The molecule has 0 radical (unpaired) electrons. The Bertz CT molecular complexity index is 1850. The molecule has 2 bridgehead atoms. The molecular formula is C113H243N11O9S2. The van der Waals surface area contributed by atoms with Gasteiger partial charge < -0.3 is 96.0 Å². The highest BCUT2D eigenvalue weighted by molar-refractivity contribution is 7.99. The van der Waals surface area contributed by atoms with E-state index in [-0.39, 0.29) is 0 Å². The van der Waals surface area contributed by atoms with Gasteiger partial charge >= 0.3 is 0 Å². The van der Waals surface area contributed by atoms with Crippen LogP contribution in [0.25, 0.3) is 0 Å². The summed E-state index contributed by atoms with van der Waals surface area (Å²) < 4.78 is 41.4. The Kier molecular flexibility index (Phi) is 166. The quantitative estimate of drug-likeness (QED) is 0.120. The number of aryl methyl sites for hydroxylation is 2. The zero-order valence-corrected chi connectivity index (χ0v) is 97.5. The molecule has 816 valence electrons. The van der Waals surface area contributed by atoms with Crippen molar-refractivity contribution in [3.63, 3.8) is 0 Å². The number of nitrogens with zero attached hydrogens (tertiary/aromatic N) is 1. The molecule has 6 unspecified atom stereocenters. The van der Waals surface area contributed by atoms with E-state index in [9.17, 15) is 4.79 Å². The van der Waals surface area contributed by atoms with Crippen LogP contribution in [0, 0.1) is 23.7 Å².